The van der Waals surface area contributed by atoms with Gasteiger partial charge in [-0.3, -0.25) is 0 Å². The molecule has 0 aliphatic carbocycles. The fourth-order valence-electron chi connectivity index (χ4n) is 5.03. The van der Waals surface area contributed by atoms with E-state index < -0.39 is 23.4 Å². The van der Waals surface area contributed by atoms with Gasteiger partial charge in [0, 0.05) is 0 Å². The summed E-state index contributed by atoms with van der Waals surface area (Å²) >= 11 is -1.95. The van der Waals surface area contributed by atoms with E-state index in [2.05, 4.69) is 123 Å². The van der Waals surface area contributed by atoms with Crippen LogP contribution < -0.4 is 5.19 Å². The molecule has 0 aliphatic heterocycles. The Morgan fingerprint density at radius 3 is 1.41 bits per heavy atom. The average molecular weight is 653 g/mol. The third-order valence-electron chi connectivity index (χ3n) is 7.30. The Bertz CT molecular complexity index is 1480. The first-order valence-electron chi connectivity index (χ1n) is 13.8. The Kier molecular flexibility index (Phi) is 11.9. The third kappa shape index (κ3) is 8.29. The van der Waals surface area contributed by atoms with Crippen molar-refractivity contribution < 1.29 is 18.0 Å². The summed E-state index contributed by atoms with van der Waals surface area (Å²) in [6, 6.07) is 28.5. The summed E-state index contributed by atoms with van der Waals surface area (Å²) in [4.78, 5) is 0. The molecular weight excluding hydrogens is 611 g/mol. The molecule has 0 nitrogen and oxygen atoms in total. The molecule has 0 spiro atoms. The first-order valence-corrected chi connectivity index (χ1v) is 25.8. The SMILES string of the molecule is C[Si](c1ccccc1)=[Zr]([Cl])[Cl].Cc1cc2c(C(C)C)ccc(C)c2[cH-]1.Cc1cc2c(C(C)C)ccc(C)c2[cH-]1. The van der Waals surface area contributed by atoms with Crippen LogP contribution in [0.25, 0.3) is 21.5 Å². The summed E-state index contributed by atoms with van der Waals surface area (Å²) in [5.41, 5.74) is 7.90. The van der Waals surface area contributed by atoms with E-state index in [4.69, 9.17) is 17.0 Å². The van der Waals surface area contributed by atoms with Gasteiger partial charge < -0.3 is 0 Å². The molecule has 0 saturated carbocycles. The van der Waals surface area contributed by atoms with Gasteiger partial charge >= 0.3 is 82.5 Å². The fraction of sp³-hybridized carbons (Fsp3) is 0.314. The minimum absolute atomic E-state index is 0.557. The van der Waals surface area contributed by atoms with Crippen LogP contribution >= 0.6 is 17.0 Å². The molecule has 0 bridgehead atoms. The first kappa shape index (κ1) is 32.1. The van der Waals surface area contributed by atoms with Gasteiger partial charge in [-0.05, 0) is 11.8 Å². The van der Waals surface area contributed by atoms with Crippen LogP contribution in [0.15, 0.2) is 78.9 Å². The maximum absolute atomic E-state index is 5.97. The molecule has 39 heavy (non-hydrogen) atoms. The molecule has 0 radical (unpaired) electrons. The monoisotopic (exact) mass is 650 g/mol. The fourth-order valence-corrected chi connectivity index (χ4v) is 12.6. The standard InChI is InChI=1S/2C14H17.C7H8Si.2ClH.Zr/c2*1-9(2)12-6-5-11(4)13-7-10(3)8-14(12)13;1-8-7-5-3-2-4-6-7;;;/h2*5-9H,1-4H3;2-6H,1H3;2*1H;/q2*-1;;;;+2/p-2. The number of hydrogen-bond acceptors (Lipinski definition) is 0. The number of halogens is 2. The van der Waals surface area contributed by atoms with Crippen LogP contribution in [0, 0.1) is 27.7 Å². The number of rotatable bonds is 3. The van der Waals surface area contributed by atoms with Gasteiger partial charge in [0.25, 0.3) is 0 Å². The topological polar surface area (TPSA) is 0 Å². The van der Waals surface area contributed by atoms with Crippen molar-refractivity contribution in [2.45, 2.75) is 73.8 Å². The molecule has 0 atom stereocenters. The Hall–Kier alpha value is -1.44. The van der Waals surface area contributed by atoms with Crippen LogP contribution in [0.5, 0.6) is 0 Å². The second kappa shape index (κ2) is 14.5. The quantitative estimate of drug-likeness (QED) is 0.134. The van der Waals surface area contributed by atoms with E-state index in [1.165, 1.54) is 60.1 Å². The van der Waals surface area contributed by atoms with Crippen LogP contribution in [-0.2, 0) is 18.0 Å². The van der Waals surface area contributed by atoms with Gasteiger partial charge in [0.2, 0.25) is 0 Å². The zero-order valence-electron chi connectivity index (χ0n) is 24.9. The van der Waals surface area contributed by atoms with Crippen LogP contribution in [-0.4, -0.2) is 5.43 Å². The maximum atomic E-state index is 5.97. The maximum Gasteiger partial charge on any atom is -0.0308 e. The molecule has 5 rings (SSSR count). The molecule has 206 valence electrons. The molecule has 0 heterocycles. The molecule has 5 aromatic carbocycles. The molecule has 0 saturated heterocycles. The minimum Gasteiger partial charge on any atom is -0.165 e. The third-order valence-corrected chi connectivity index (χ3v) is 25.4. The predicted molar refractivity (Wildman–Crippen MR) is 176 cm³/mol. The van der Waals surface area contributed by atoms with Gasteiger partial charge in [-0.1, -0.05) is 78.6 Å². The molecule has 0 amide bonds. The average Bonchev–Trinajstić information content (AvgIpc) is 3.48. The number of aryl methyl sites for hydroxylation is 4. The van der Waals surface area contributed by atoms with Crippen molar-refractivity contribution in [2.75, 3.05) is 0 Å². The van der Waals surface area contributed by atoms with E-state index in [1.807, 2.05) is 18.2 Å². The van der Waals surface area contributed by atoms with E-state index in [0.29, 0.717) is 11.8 Å². The number of benzene rings is 3. The summed E-state index contributed by atoms with van der Waals surface area (Å²) in [6.45, 7) is 19.9. The van der Waals surface area contributed by atoms with E-state index in [9.17, 15) is 0 Å². The van der Waals surface area contributed by atoms with Gasteiger partial charge in [0.1, 0.15) is 0 Å². The molecule has 0 aromatic heterocycles. The molecule has 0 aliphatic rings. The smallest absolute Gasteiger partial charge is 0.0308 e. The summed E-state index contributed by atoms with van der Waals surface area (Å²) < 4.78 is 0. The molecule has 0 unspecified atom stereocenters. The van der Waals surface area contributed by atoms with Gasteiger partial charge in [-0.15, -0.1) is 68.1 Å². The van der Waals surface area contributed by atoms with Crippen molar-refractivity contribution in [3.05, 3.63) is 112 Å². The van der Waals surface area contributed by atoms with Crippen molar-refractivity contribution in [1.29, 1.82) is 0 Å². The summed E-state index contributed by atoms with van der Waals surface area (Å²) in [5.74, 6) is 1.22. The molecular formula is C35H42Cl2SiZr-2. The molecule has 5 aromatic rings. The van der Waals surface area contributed by atoms with E-state index >= 15 is 0 Å². The van der Waals surface area contributed by atoms with E-state index in [1.54, 1.807) is 0 Å². The van der Waals surface area contributed by atoms with Crippen LogP contribution in [0.4, 0.5) is 0 Å². The van der Waals surface area contributed by atoms with Crippen molar-refractivity contribution in [3.63, 3.8) is 0 Å². The van der Waals surface area contributed by atoms with Crippen molar-refractivity contribution in [1.82, 2.24) is 0 Å². The van der Waals surface area contributed by atoms with Gasteiger partial charge in [0.05, 0.1) is 0 Å². The van der Waals surface area contributed by atoms with E-state index in [0.717, 1.165) is 0 Å². The van der Waals surface area contributed by atoms with Crippen molar-refractivity contribution >= 4 is 49.2 Å². The minimum atomic E-state index is -1.95. The van der Waals surface area contributed by atoms with Crippen molar-refractivity contribution in [3.8, 4) is 0 Å². The van der Waals surface area contributed by atoms with Crippen molar-refractivity contribution in [2.24, 2.45) is 0 Å². The Labute approximate surface area is 251 Å². The number of hydrogen-bond donors (Lipinski definition) is 0. The van der Waals surface area contributed by atoms with Crippen LogP contribution in [0.3, 0.4) is 0 Å². The second-order valence-electron chi connectivity index (χ2n) is 11.2. The first-order chi connectivity index (χ1) is 18.4. The molecule has 4 heteroatoms. The largest absolute Gasteiger partial charge is 0.165 e. The normalized spacial score (nSPS) is 10.9. The predicted octanol–water partition coefficient (Wildman–Crippen LogP) is 11.0. The van der Waals surface area contributed by atoms with Gasteiger partial charge in [0.15, 0.2) is 0 Å². The van der Waals surface area contributed by atoms with Gasteiger partial charge in [-0.2, -0.15) is 12.1 Å². The Balaban J connectivity index is 0.000000163. The summed E-state index contributed by atoms with van der Waals surface area (Å²) in [7, 11) is 11.9. The summed E-state index contributed by atoms with van der Waals surface area (Å²) in [5, 5.41) is 7.11. The molecule has 0 N–H and O–H groups in total. The van der Waals surface area contributed by atoms with Crippen LogP contribution in [0.2, 0.25) is 6.55 Å². The second-order valence-corrected chi connectivity index (χ2v) is 32.2. The number of fused-ring (bicyclic) bond motifs is 2. The molecule has 0 fully saturated rings. The Morgan fingerprint density at radius 1 is 0.641 bits per heavy atom. The van der Waals surface area contributed by atoms with E-state index in [-0.39, 0.29) is 0 Å². The Morgan fingerprint density at radius 2 is 1.05 bits per heavy atom. The van der Waals surface area contributed by atoms with Crippen LogP contribution in [0.1, 0.15) is 72.9 Å². The zero-order chi connectivity index (χ0) is 28.9. The van der Waals surface area contributed by atoms with Gasteiger partial charge in [-0.25, -0.2) is 0 Å². The zero-order valence-corrected chi connectivity index (χ0v) is 29.9. The summed E-state index contributed by atoms with van der Waals surface area (Å²) in [6.07, 6.45) is 0.